The van der Waals surface area contributed by atoms with Crippen molar-refractivity contribution < 1.29 is 22.6 Å². The van der Waals surface area contributed by atoms with E-state index < -0.39 is 18.2 Å². The van der Waals surface area contributed by atoms with Crippen LogP contribution in [0.25, 0.3) is 0 Å². The molecular weight excluding hydrogens is 307 g/mol. The molecule has 0 aromatic heterocycles. The van der Waals surface area contributed by atoms with Crippen molar-refractivity contribution in [3.8, 4) is 17.2 Å². The summed E-state index contributed by atoms with van der Waals surface area (Å²) in [4.78, 5) is 0. The summed E-state index contributed by atoms with van der Waals surface area (Å²) < 4.78 is 47.3. The van der Waals surface area contributed by atoms with Gasteiger partial charge in [-0.2, -0.15) is 8.78 Å². The molecule has 0 unspecified atom stereocenters. The van der Waals surface area contributed by atoms with E-state index in [0.29, 0.717) is 10.8 Å². The Hall–Kier alpha value is -2.08. The number of nitrogens with two attached hydrogens (primary N) is 1. The van der Waals surface area contributed by atoms with Crippen LogP contribution < -0.4 is 15.2 Å². The molecule has 0 fully saturated rings. The SMILES string of the molecule is Cc1cc(Oc2cc(OC(F)F)c(F)cc2N)ccc1Cl. The second kappa shape index (κ2) is 6.13. The van der Waals surface area contributed by atoms with Crippen LogP contribution in [0.1, 0.15) is 5.56 Å². The average molecular weight is 318 g/mol. The quantitative estimate of drug-likeness (QED) is 0.827. The number of halogens is 4. The molecule has 7 heteroatoms. The summed E-state index contributed by atoms with van der Waals surface area (Å²) in [5, 5.41) is 0.552. The summed E-state index contributed by atoms with van der Waals surface area (Å²) in [5.74, 6) is -1.24. The molecule has 0 aliphatic rings. The van der Waals surface area contributed by atoms with Crippen LogP contribution in [0.4, 0.5) is 18.9 Å². The van der Waals surface area contributed by atoms with Gasteiger partial charge in [0.25, 0.3) is 0 Å². The highest BCUT2D eigenvalue weighted by Gasteiger charge is 2.15. The summed E-state index contributed by atoms with van der Waals surface area (Å²) in [6.07, 6.45) is 0. The van der Waals surface area contributed by atoms with Gasteiger partial charge in [-0.05, 0) is 30.7 Å². The Morgan fingerprint density at radius 1 is 1.14 bits per heavy atom. The highest BCUT2D eigenvalue weighted by Crippen LogP contribution is 2.35. The molecule has 21 heavy (non-hydrogen) atoms. The van der Waals surface area contributed by atoms with E-state index in [1.54, 1.807) is 25.1 Å². The highest BCUT2D eigenvalue weighted by atomic mass is 35.5. The lowest BCUT2D eigenvalue weighted by Gasteiger charge is -2.12. The van der Waals surface area contributed by atoms with Gasteiger partial charge in [0, 0.05) is 17.2 Å². The first kappa shape index (κ1) is 15.3. The molecular formula is C14H11ClF3NO2. The number of alkyl halides is 2. The fourth-order valence-corrected chi connectivity index (χ4v) is 1.75. The summed E-state index contributed by atoms with van der Waals surface area (Å²) in [7, 11) is 0. The minimum Gasteiger partial charge on any atom is -0.455 e. The van der Waals surface area contributed by atoms with Gasteiger partial charge in [-0.1, -0.05) is 11.6 Å². The van der Waals surface area contributed by atoms with E-state index >= 15 is 0 Å². The number of aryl methyl sites for hydroxylation is 1. The summed E-state index contributed by atoms with van der Waals surface area (Å²) in [6, 6.07) is 6.66. The lowest BCUT2D eigenvalue weighted by Crippen LogP contribution is -2.05. The maximum atomic E-state index is 13.4. The van der Waals surface area contributed by atoms with Crippen molar-refractivity contribution in [1.29, 1.82) is 0 Å². The number of ether oxygens (including phenoxy) is 2. The first-order valence-electron chi connectivity index (χ1n) is 5.84. The van der Waals surface area contributed by atoms with Crippen molar-refractivity contribution in [2.45, 2.75) is 13.5 Å². The minimum atomic E-state index is -3.14. The van der Waals surface area contributed by atoms with Gasteiger partial charge < -0.3 is 15.2 Å². The third-order valence-corrected chi connectivity index (χ3v) is 3.06. The Bertz CT molecular complexity index is 665. The summed E-state index contributed by atoms with van der Waals surface area (Å²) in [6.45, 7) is -1.37. The Morgan fingerprint density at radius 3 is 2.48 bits per heavy atom. The normalized spacial score (nSPS) is 10.8. The Balaban J connectivity index is 2.32. The zero-order valence-corrected chi connectivity index (χ0v) is 11.6. The topological polar surface area (TPSA) is 44.5 Å². The van der Waals surface area contributed by atoms with E-state index in [1.165, 1.54) is 0 Å². The van der Waals surface area contributed by atoms with Crippen LogP contribution in [0.2, 0.25) is 5.02 Å². The van der Waals surface area contributed by atoms with Gasteiger partial charge in [0.05, 0.1) is 5.69 Å². The summed E-state index contributed by atoms with van der Waals surface area (Å²) >= 11 is 5.89. The van der Waals surface area contributed by atoms with Gasteiger partial charge in [0.1, 0.15) is 5.75 Å². The Kier molecular flexibility index (Phi) is 4.47. The third-order valence-electron chi connectivity index (χ3n) is 2.64. The molecule has 0 bridgehead atoms. The molecule has 0 aliphatic carbocycles. The van der Waals surface area contributed by atoms with Crippen molar-refractivity contribution in [2.24, 2.45) is 0 Å². The molecule has 0 aliphatic heterocycles. The first-order valence-corrected chi connectivity index (χ1v) is 6.22. The van der Waals surface area contributed by atoms with Crippen molar-refractivity contribution in [1.82, 2.24) is 0 Å². The van der Waals surface area contributed by atoms with Gasteiger partial charge >= 0.3 is 6.61 Å². The molecule has 0 heterocycles. The third kappa shape index (κ3) is 3.72. The molecule has 0 saturated carbocycles. The number of hydrogen-bond acceptors (Lipinski definition) is 3. The lowest BCUT2D eigenvalue weighted by atomic mass is 10.2. The molecule has 2 aromatic rings. The average Bonchev–Trinajstić information content (AvgIpc) is 2.39. The Labute approximate surface area is 124 Å². The maximum Gasteiger partial charge on any atom is 0.387 e. The van der Waals surface area contributed by atoms with E-state index in [2.05, 4.69) is 4.74 Å². The number of anilines is 1. The monoisotopic (exact) mass is 317 g/mol. The number of hydrogen-bond donors (Lipinski definition) is 1. The van der Waals surface area contributed by atoms with Crippen LogP contribution in [0, 0.1) is 12.7 Å². The molecule has 0 amide bonds. The van der Waals surface area contributed by atoms with E-state index in [1.807, 2.05) is 0 Å². The fraction of sp³-hybridized carbons (Fsp3) is 0.143. The standard InChI is InChI=1S/C14H11ClF3NO2/c1-7-4-8(2-3-9(7)15)20-13-6-12(21-14(17)18)10(16)5-11(13)19/h2-6,14H,19H2,1H3. The van der Waals surface area contributed by atoms with Crippen LogP contribution in [0.15, 0.2) is 30.3 Å². The highest BCUT2D eigenvalue weighted by molar-refractivity contribution is 6.31. The zero-order chi connectivity index (χ0) is 15.6. The molecule has 112 valence electrons. The van der Waals surface area contributed by atoms with E-state index in [0.717, 1.165) is 17.7 Å². The maximum absolute atomic E-state index is 13.4. The van der Waals surface area contributed by atoms with Crippen molar-refractivity contribution in [3.63, 3.8) is 0 Å². The van der Waals surface area contributed by atoms with Gasteiger partial charge in [0.15, 0.2) is 17.3 Å². The summed E-state index contributed by atoms with van der Waals surface area (Å²) in [5.41, 5.74) is 6.33. The molecule has 2 rings (SSSR count). The number of benzene rings is 2. The van der Waals surface area contributed by atoms with Crippen LogP contribution in [-0.2, 0) is 0 Å². The van der Waals surface area contributed by atoms with E-state index in [9.17, 15) is 13.2 Å². The Morgan fingerprint density at radius 2 is 1.86 bits per heavy atom. The molecule has 3 nitrogen and oxygen atoms in total. The van der Waals surface area contributed by atoms with E-state index in [4.69, 9.17) is 22.1 Å². The lowest BCUT2D eigenvalue weighted by molar-refractivity contribution is -0.0522. The van der Waals surface area contributed by atoms with Crippen LogP contribution in [0.3, 0.4) is 0 Å². The van der Waals surface area contributed by atoms with Crippen molar-refractivity contribution in [2.75, 3.05) is 5.73 Å². The first-order chi connectivity index (χ1) is 9.86. The predicted octanol–water partition coefficient (Wildman–Crippen LogP) is 4.76. The number of rotatable bonds is 4. The second-order valence-corrected chi connectivity index (χ2v) is 4.62. The van der Waals surface area contributed by atoms with Gasteiger partial charge in [0.2, 0.25) is 0 Å². The van der Waals surface area contributed by atoms with E-state index in [-0.39, 0.29) is 11.4 Å². The van der Waals surface area contributed by atoms with Crippen LogP contribution in [0.5, 0.6) is 17.2 Å². The van der Waals surface area contributed by atoms with Crippen LogP contribution >= 0.6 is 11.6 Å². The largest absolute Gasteiger partial charge is 0.455 e. The number of nitrogen functional groups attached to an aromatic ring is 1. The predicted molar refractivity (Wildman–Crippen MR) is 73.7 cm³/mol. The molecule has 0 radical (unpaired) electrons. The fourth-order valence-electron chi connectivity index (χ4n) is 1.63. The van der Waals surface area contributed by atoms with Crippen LogP contribution in [-0.4, -0.2) is 6.61 Å². The van der Waals surface area contributed by atoms with Gasteiger partial charge in [-0.3, -0.25) is 0 Å². The molecule has 0 spiro atoms. The minimum absolute atomic E-state index is 0.00812. The second-order valence-electron chi connectivity index (χ2n) is 4.21. The van der Waals surface area contributed by atoms with Crippen molar-refractivity contribution >= 4 is 17.3 Å². The molecule has 0 saturated heterocycles. The van der Waals surface area contributed by atoms with Crippen molar-refractivity contribution in [3.05, 3.63) is 46.7 Å². The van der Waals surface area contributed by atoms with Gasteiger partial charge in [-0.15, -0.1) is 0 Å². The zero-order valence-electron chi connectivity index (χ0n) is 10.9. The molecule has 0 atom stereocenters. The molecule has 2 aromatic carbocycles. The smallest absolute Gasteiger partial charge is 0.387 e. The molecule has 2 N–H and O–H groups in total. The van der Waals surface area contributed by atoms with Gasteiger partial charge in [-0.25, -0.2) is 4.39 Å².